The molecule has 4 aliphatic rings. The fourth-order valence-corrected chi connectivity index (χ4v) is 5.98. The minimum atomic E-state index is 0.799. The van der Waals surface area contributed by atoms with Gasteiger partial charge in [0, 0.05) is 25.7 Å². The third-order valence-corrected chi connectivity index (χ3v) is 6.78. The van der Waals surface area contributed by atoms with E-state index in [9.17, 15) is 0 Å². The molecule has 0 aromatic carbocycles. The van der Waals surface area contributed by atoms with Gasteiger partial charge in [0.2, 0.25) is 0 Å². The smallest absolute Gasteiger partial charge is 0.0169 e. The van der Waals surface area contributed by atoms with E-state index in [4.69, 9.17) is 5.73 Å². The number of hydrogen-bond acceptors (Lipinski definition) is 2. The van der Waals surface area contributed by atoms with E-state index in [1.807, 2.05) is 0 Å². The van der Waals surface area contributed by atoms with Crippen LogP contribution in [-0.4, -0.2) is 30.6 Å². The van der Waals surface area contributed by atoms with Crippen LogP contribution in [0.1, 0.15) is 65.7 Å². The topological polar surface area (TPSA) is 29.3 Å². The summed E-state index contributed by atoms with van der Waals surface area (Å²) in [5.41, 5.74) is 8.94. The van der Waals surface area contributed by atoms with Gasteiger partial charge in [0.15, 0.2) is 0 Å². The Hall–Kier alpha value is -0.600. The van der Waals surface area contributed by atoms with Gasteiger partial charge in [0.1, 0.15) is 0 Å². The van der Waals surface area contributed by atoms with E-state index in [0.717, 1.165) is 49.3 Å². The summed E-state index contributed by atoms with van der Waals surface area (Å²) < 4.78 is 0. The highest BCUT2D eigenvalue weighted by Gasteiger charge is 2.49. The molecule has 0 spiro atoms. The summed E-state index contributed by atoms with van der Waals surface area (Å²) in [4.78, 5) is 2.75. The molecule has 0 radical (unpaired) electrons. The molecule has 4 fully saturated rings. The van der Waals surface area contributed by atoms with Crippen LogP contribution in [0.2, 0.25) is 0 Å². The first-order chi connectivity index (χ1) is 11.6. The van der Waals surface area contributed by atoms with Gasteiger partial charge in [-0.2, -0.15) is 0 Å². The first-order valence-corrected chi connectivity index (χ1v) is 10.3. The Balaban J connectivity index is 1.59. The van der Waals surface area contributed by atoms with Gasteiger partial charge in [0.25, 0.3) is 0 Å². The lowest BCUT2D eigenvalue weighted by molar-refractivity contribution is -0.0611. The van der Waals surface area contributed by atoms with Crippen LogP contribution in [0.5, 0.6) is 0 Å². The van der Waals surface area contributed by atoms with Gasteiger partial charge in [-0.05, 0) is 89.4 Å². The molecule has 4 aliphatic carbocycles. The Morgan fingerprint density at radius 2 is 1.58 bits per heavy atom. The number of allylic oxidation sites excluding steroid dienone is 3. The van der Waals surface area contributed by atoms with Crippen molar-refractivity contribution in [2.24, 2.45) is 29.4 Å². The number of hydrogen-bond donors (Lipinski definition) is 1. The molecule has 4 rings (SSSR count). The summed E-state index contributed by atoms with van der Waals surface area (Å²) in [5.74, 6) is 4.05. The molecular formula is C22H38N2. The zero-order valence-electron chi connectivity index (χ0n) is 16.1. The average Bonchev–Trinajstić information content (AvgIpc) is 2.51. The summed E-state index contributed by atoms with van der Waals surface area (Å²) in [6, 6.07) is 0.822. The molecule has 0 unspecified atom stereocenters. The molecule has 4 bridgehead atoms. The minimum absolute atomic E-state index is 0.799. The maximum Gasteiger partial charge on any atom is 0.0169 e. The first kappa shape index (κ1) is 18.2. The molecule has 2 N–H and O–H groups in total. The summed E-state index contributed by atoms with van der Waals surface area (Å²) in [6.07, 6.45) is 14.8. The fourth-order valence-electron chi connectivity index (χ4n) is 5.98. The zero-order chi connectivity index (χ0) is 17.1. The third kappa shape index (κ3) is 4.32. The van der Waals surface area contributed by atoms with Crippen molar-refractivity contribution in [3.05, 3.63) is 23.3 Å². The Labute approximate surface area is 149 Å². The Kier molecular flexibility index (Phi) is 6.21. The van der Waals surface area contributed by atoms with Crippen molar-refractivity contribution in [1.82, 2.24) is 4.90 Å². The normalized spacial score (nSPS) is 34.9. The van der Waals surface area contributed by atoms with Crippen molar-refractivity contribution in [1.29, 1.82) is 0 Å². The monoisotopic (exact) mass is 330 g/mol. The summed E-state index contributed by atoms with van der Waals surface area (Å²) in [6.45, 7) is 9.67. The van der Waals surface area contributed by atoms with Crippen LogP contribution in [0.15, 0.2) is 23.3 Å². The van der Waals surface area contributed by atoms with Crippen molar-refractivity contribution >= 4 is 0 Å². The third-order valence-electron chi connectivity index (χ3n) is 6.78. The van der Waals surface area contributed by atoms with Gasteiger partial charge in [-0.3, -0.25) is 4.90 Å². The van der Waals surface area contributed by atoms with Crippen LogP contribution >= 0.6 is 0 Å². The summed E-state index contributed by atoms with van der Waals surface area (Å²) in [5, 5.41) is 0. The molecule has 0 saturated heterocycles. The molecule has 4 saturated carbocycles. The van der Waals surface area contributed by atoms with Gasteiger partial charge >= 0.3 is 0 Å². The van der Waals surface area contributed by atoms with Gasteiger partial charge in [0.05, 0.1) is 0 Å². The Morgan fingerprint density at radius 1 is 0.958 bits per heavy atom. The fraction of sp³-hybridized carbons (Fsp3) is 0.818. The zero-order valence-corrected chi connectivity index (χ0v) is 16.1. The molecule has 0 heterocycles. The van der Waals surface area contributed by atoms with Gasteiger partial charge < -0.3 is 5.73 Å². The van der Waals surface area contributed by atoms with Crippen molar-refractivity contribution in [2.45, 2.75) is 71.8 Å². The predicted molar refractivity (Wildman–Crippen MR) is 104 cm³/mol. The van der Waals surface area contributed by atoms with E-state index < -0.39 is 0 Å². The van der Waals surface area contributed by atoms with Crippen LogP contribution < -0.4 is 5.73 Å². The van der Waals surface area contributed by atoms with Crippen molar-refractivity contribution in [2.75, 3.05) is 19.6 Å². The van der Waals surface area contributed by atoms with E-state index in [-0.39, 0.29) is 0 Å². The van der Waals surface area contributed by atoms with Crippen LogP contribution in [0.3, 0.4) is 0 Å². The van der Waals surface area contributed by atoms with E-state index in [0.29, 0.717) is 0 Å². The van der Waals surface area contributed by atoms with E-state index >= 15 is 0 Å². The highest BCUT2D eigenvalue weighted by Crippen LogP contribution is 2.55. The van der Waals surface area contributed by atoms with Crippen molar-refractivity contribution in [3.8, 4) is 0 Å². The minimum Gasteiger partial charge on any atom is -0.329 e. The quantitative estimate of drug-likeness (QED) is 0.650. The van der Waals surface area contributed by atoms with E-state index in [1.165, 1.54) is 44.1 Å². The van der Waals surface area contributed by atoms with Crippen molar-refractivity contribution in [3.63, 3.8) is 0 Å². The Bertz CT molecular complexity index is 444. The second-order valence-corrected chi connectivity index (χ2v) is 9.08. The summed E-state index contributed by atoms with van der Waals surface area (Å²) >= 11 is 0. The standard InChI is InChI=1S/C22H38N2/c1-16(2)5-4-6-17(3)7-9-24(10-8-23)22-20-12-18-11-19(14-20)15-21(22)13-18/h5,7,18-22H,4,6,8-15,23H2,1-3H3/b17-7+. The molecule has 0 atom stereocenters. The van der Waals surface area contributed by atoms with Gasteiger partial charge in [-0.25, -0.2) is 0 Å². The highest BCUT2D eigenvalue weighted by molar-refractivity contribution is 5.06. The molecule has 24 heavy (non-hydrogen) atoms. The van der Waals surface area contributed by atoms with Crippen LogP contribution in [0, 0.1) is 23.7 Å². The molecule has 136 valence electrons. The molecule has 0 aliphatic heterocycles. The van der Waals surface area contributed by atoms with Crippen LogP contribution in [0.25, 0.3) is 0 Å². The lowest BCUT2D eigenvalue weighted by atomic mass is 9.54. The first-order valence-electron chi connectivity index (χ1n) is 10.3. The molecule has 2 nitrogen and oxygen atoms in total. The molecular weight excluding hydrogens is 292 g/mol. The second kappa shape index (κ2) is 8.19. The van der Waals surface area contributed by atoms with E-state index in [1.54, 1.807) is 12.0 Å². The number of nitrogens with zero attached hydrogens (tertiary/aromatic N) is 1. The SMILES string of the molecule is CC(C)=CCC/C(C)=C/CN(CCN)C1C2CC3CC(C2)CC1C3. The lowest BCUT2D eigenvalue weighted by Crippen LogP contribution is -2.56. The molecule has 0 aromatic heterocycles. The predicted octanol–water partition coefficient (Wildman–Crippen LogP) is 4.76. The molecule has 0 amide bonds. The average molecular weight is 331 g/mol. The van der Waals surface area contributed by atoms with Crippen LogP contribution in [0.4, 0.5) is 0 Å². The largest absolute Gasteiger partial charge is 0.329 e. The maximum atomic E-state index is 5.97. The van der Waals surface area contributed by atoms with Crippen molar-refractivity contribution < 1.29 is 0 Å². The Morgan fingerprint density at radius 3 is 2.12 bits per heavy atom. The highest BCUT2D eigenvalue weighted by atomic mass is 15.2. The number of nitrogens with two attached hydrogens (primary N) is 1. The van der Waals surface area contributed by atoms with Gasteiger partial charge in [-0.15, -0.1) is 0 Å². The maximum absolute atomic E-state index is 5.97. The van der Waals surface area contributed by atoms with E-state index in [2.05, 4.69) is 37.8 Å². The van der Waals surface area contributed by atoms with Gasteiger partial charge in [-0.1, -0.05) is 23.3 Å². The second-order valence-electron chi connectivity index (χ2n) is 9.08. The summed E-state index contributed by atoms with van der Waals surface area (Å²) in [7, 11) is 0. The number of rotatable bonds is 8. The lowest BCUT2D eigenvalue weighted by Gasteiger charge is -2.57. The molecule has 2 heteroatoms. The van der Waals surface area contributed by atoms with Crippen LogP contribution in [-0.2, 0) is 0 Å². The molecule has 0 aromatic rings.